The average molecular weight is 475 g/mol. The Bertz CT molecular complexity index is 1240. The van der Waals surface area contributed by atoms with Crippen molar-refractivity contribution in [3.63, 3.8) is 0 Å². The van der Waals surface area contributed by atoms with Crippen molar-refractivity contribution in [2.45, 2.75) is 23.4 Å². The van der Waals surface area contributed by atoms with E-state index in [1.807, 2.05) is 54.6 Å². The maximum absolute atomic E-state index is 13.1. The van der Waals surface area contributed by atoms with Crippen LogP contribution >= 0.6 is 15.9 Å². The molecule has 3 aromatic carbocycles. The maximum Gasteiger partial charge on any atom is 0.322 e. The Morgan fingerprint density at radius 3 is 2.42 bits per heavy atom. The fraction of sp³-hybridized carbons (Fsp3) is 0.231. The van der Waals surface area contributed by atoms with Crippen LogP contribution < -0.4 is 0 Å². The molecule has 0 bridgehead atoms. The monoisotopic (exact) mass is 474 g/mol. The number of benzene rings is 3. The maximum atomic E-state index is 13.1. The Hall–Kier alpha value is -2.92. The van der Waals surface area contributed by atoms with Crippen LogP contribution in [0.25, 0.3) is 0 Å². The molecular formula is C26H19BrO4. The summed E-state index contributed by atoms with van der Waals surface area (Å²) < 4.78 is 12.3. The highest BCUT2D eigenvalue weighted by molar-refractivity contribution is 9.10. The molecule has 1 aliphatic heterocycles. The number of esters is 2. The van der Waals surface area contributed by atoms with Gasteiger partial charge in [-0.2, -0.15) is 0 Å². The van der Waals surface area contributed by atoms with Crippen LogP contribution in [0.4, 0.5) is 0 Å². The van der Waals surface area contributed by atoms with Crippen LogP contribution in [0.3, 0.4) is 0 Å². The fourth-order valence-corrected chi connectivity index (χ4v) is 6.84. The van der Waals surface area contributed by atoms with Crippen molar-refractivity contribution < 1.29 is 19.1 Å². The van der Waals surface area contributed by atoms with Crippen LogP contribution in [-0.4, -0.2) is 19.0 Å². The molecule has 0 radical (unpaired) electrons. The zero-order chi connectivity index (χ0) is 21.3. The van der Waals surface area contributed by atoms with E-state index in [0.29, 0.717) is 0 Å². The summed E-state index contributed by atoms with van der Waals surface area (Å²) in [6, 6.07) is 24.5. The minimum atomic E-state index is -0.981. The van der Waals surface area contributed by atoms with Crippen molar-refractivity contribution in [1.82, 2.24) is 0 Å². The molecule has 5 heteroatoms. The molecule has 154 valence electrons. The van der Waals surface area contributed by atoms with Gasteiger partial charge in [0, 0.05) is 21.9 Å². The van der Waals surface area contributed by atoms with Crippen molar-refractivity contribution in [3.8, 4) is 0 Å². The van der Waals surface area contributed by atoms with E-state index in [2.05, 4.69) is 34.1 Å². The Morgan fingerprint density at radius 2 is 1.65 bits per heavy atom. The molecule has 0 saturated carbocycles. The number of methoxy groups -OCH3 is 1. The van der Waals surface area contributed by atoms with Crippen LogP contribution in [0.1, 0.15) is 45.6 Å². The average Bonchev–Trinajstić information content (AvgIpc) is 3.35. The Morgan fingerprint density at radius 1 is 0.935 bits per heavy atom. The van der Waals surface area contributed by atoms with Gasteiger partial charge in [-0.15, -0.1) is 0 Å². The molecule has 2 aliphatic carbocycles. The summed E-state index contributed by atoms with van der Waals surface area (Å²) in [6.07, 6.45) is 0. The number of hydrogen-bond acceptors (Lipinski definition) is 4. The largest absolute Gasteiger partial charge is 0.468 e. The van der Waals surface area contributed by atoms with Gasteiger partial charge in [-0.05, 0) is 28.3 Å². The van der Waals surface area contributed by atoms with Gasteiger partial charge in [0.05, 0.1) is 13.0 Å². The Labute approximate surface area is 188 Å². The quantitative estimate of drug-likeness (QED) is 0.386. The zero-order valence-corrected chi connectivity index (χ0v) is 18.3. The third-order valence-corrected chi connectivity index (χ3v) is 7.87. The van der Waals surface area contributed by atoms with E-state index in [1.54, 1.807) is 0 Å². The summed E-state index contributed by atoms with van der Waals surface area (Å²) in [5.74, 6) is -2.59. The number of ether oxygens (including phenoxy) is 2. The predicted octanol–water partition coefficient (Wildman–Crippen LogP) is 5.02. The van der Waals surface area contributed by atoms with Gasteiger partial charge >= 0.3 is 11.9 Å². The summed E-state index contributed by atoms with van der Waals surface area (Å²) in [7, 11) is 1.32. The summed E-state index contributed by atoms with van der Waals surface area (Å²) in [5, 5.41) is 0. The lowest BCUT2D eigenvalue weighted by Gasteiger charge is -2.32. The highest BCUT2D eigenvalue weighted by Crippen LogP contribution is 2.73. The summed E-state index contributed by atoms with van der Waals surface area (Å²) >= 11 is 3.77. The first-order valence-electron chi connectivity index (χ1n) is 10.3. The minimum Gasteiger partial charge on any atom is -0.468 e. The molecule has 1 heterocycles. The van der Waals surface area contributed by atoms with E-state index in [1.165, 1.54) is 7.11 Å². The van der Waals surface area contributed by atoms with Crippen LogP contribution in [0.2, 0.25) is 0 Å². The number of rotatable bonds is 2. The van der Waals surface area contributed by atoms with E-state index in [4.69, 9.17) is 9.47 Å². The molecule has 0 N–H and O–H groups in total. The number of hydrogen-bond donors (Lipinski definition) is 0. The van der Waals surface area contributed by atoms with Crippen LogP contribution in [0.15, 0.2) is 77.3 Å². The lowest BCUT2D eigenvalue weighted by atomic mass is 9.75. The van der Waals surface area contributed by atoms with E-state index < -0.39 is 29.4 Å². The van der Waals surface area contributed by atoms with Gasteiger partial charge in [0.15, 0.2) is 11.5 Å². The second-order valence-corrected chi connectivity index (χ2v) is 9.24. The standard InChI is InChI=1S/C26H19BrO4/c1-30-24(28)21-22-16-11-7-13-18(27)20(16)23-19(14-8-3-2-4-9-14)15-10-5-6-12-17(15)26(22,23)31-25(21)29/h2-13,19,21-23H,1H3/t19-,21-,22+,23-,26?/m0/s1. The molecular weight excluding hydrogens is 456 g/mol. The second kappa shape index (κ2) is 6.54. The van der Waals surface area contributed by atoms with E-state index >= 15 is 0 Å². The molecule has 0 amide bonds. The first-order chi connectivity index (χ1) is 15.1. The number of carbonyl (C=O) groups excluding carboxylic acids is 2. The molecule has 1 saturated heterocycles. The van der Waals surface area contributed by atoms with Crippen LogP contribution in [0.5, 0.6) is 0 Å². The Balaban J connectivity index is 1.70. The van der Waals surface area contributed by atoms with Crippen molar-refractivity contribution in [3.05, 3.63) is 105 Å². The normalized spacial score (nSPS) is 29.5. The van der Waals surface area contributed by atoms with Crippen molar-refractivity contribution in [2.24, 2.45) is 5.92 Å². The number of halogens is 1. The molecule has 0 aromatic heterocycles. The van der Waals surface area contributed by atoms with Gasteiger partial charge in [0.2, 0.25) is 0 Å². The fourth-order valence-electron chi connectivity index (χ4n) is 6.21. The van der Waals surface area contributed by atoms with Crippen molar-refractivity contribution in [2.75, 3.05) is 7.11 Å². The molecule has 3 aromatic rings. The lowest BCUT2D eigenvalue weighted by Crippen LogP contribution is -2.32. The van der Waals surface area contributed by atoms with Gasteiger partial charge in [-0.25, -0.2) is 0 Å². The van der Waals surface area contributed by atoms with Crippen LogP contribution in [0, 0.1) is 5.92 Å². The lowest BCUT2D eigenvalue weighted by molar-refractivity contribution is -0.158. The Kier molecular flexibility index (Phi) is 3.97. The van der Waals surface area contributed by atoms with Crippen molar-refractivity contribution in [1.29, 1.82) is 0 Å². The second-order valence-electron chi connectivity index (χ2n) is 8.39. The topological polar surface area (TPSA) is 52.6 Å². The third-order valence-electron chi connectivity index (χ3n) is 7.18. The first-order valence-corrected chi connectivity index (χ1v) is 11.1. The minimum absolute atomic E-state index is 0.00375. The van der Waals surface area contributed by atoms with E-state index in [-0.39, 0.29) is 11.8 Å². The first kappa shape index (κ1) is 18.8. The van der Waals surface area contributed by atoms with Gasteiger partial charge in [0.25, 0.3) is 0 Å². The molecule has 6 rings (SSSR count). The molecule has 1 unspecified atom stereocenters. The summed E-state index contributed by atoms with van der Waals surface area (Å²) in [4.78, 5) is 25.9. The van der Waals surface area contributed by atoms with Gasteiger partial charge in [0.1, 0.15) is 0 Å². The smallest absolute Gasteiger partial charge is 0.322 e. The molecule has 4 nitrogen and oxygen atoms in total. The highest BCUT2D eigenvalue weighted by Gasteiger charge is 2.72. The van der Waals surface area contributed by atoms with E-state index in [0.717, 1.165) is 32.3 Å². The van der Waals surface area contributed by atoms with Gasteiger partial charge < -0.3 is 9.47 Å². The third kappa shape index (κ3) is 2.25. The SMILES string of the molecule is COC(=O)[C@H]1C(=O)OC23c4ccccc4[C@H](c4ccccc4)[C@H]2c2c(Br)cccc2[C@H]13. The number of carbonyl (C=O) groups is 2. The van der Waals surface area contributed by atoms with E-state index in [9.17, 15) is 9.59 Å². The summed E-state index contributed by atoms with van der Waals surface area (Å²) in [6.45, 7) is 0. The number of fused-ring (bicyclic) bond motifs is 4. The van der Waals surface area contributed by atoms with Gasteiger partial charge in [-0.1, -0.05) is 82.7 Å². The van der Waals surface area contributed by atoms with Crippen molar-refractivity contribution >= 4 is 27.9 Å². The molecule has 1 spiro atoms. The highest BCUT2D eigenvalue weighted by atomic mass is 79.9. The summed E-state index contributed by atoms with van der Waals surface area (Å²) in [5.41, 5.74) is 4.45. The molecule has 3 aliphatic rings. The molecule has 5 atom stereocenters. The van der Waals surface area contributed by atoms with Gasteiger partial charge in [-0.3, -0.25) is 9.59 Å². The molecule has 1 fully saturated rings. The molecule has 31 heavy (non-hydrogen) atoms. The predicted molar refractivity (Wildman–Crippen MR) is 118 cm³/mol. The van der Waals surface area contributed by atoms with Crippen LogP contribution in [-0.2, 0) is 24.7 Å². The zero-order valence-electron chi connectivity index (χ0n) is 16.7.